The van der Waals surface area contributed by atoms with E-state index in [2.05, 4.69) is 20.5 Å². The van der Waals surface area contributed by atoms with Crippen molar-refractivity contribution in [3.8, 4) is 11.5 Å². The molecule has 10 nitrogen and oxygen atoms in total. The molecule has 0 spiro atoms. The molecule has 0 atom stereocenters. The minimum absolute atomic E-state index is 0.0412. The number of carbonyl (C=O) groups excluding carboxylic acids is 1. The second-order valence-corrected chi connectivity index (χ2v) is 7.35. The Labute approximate surface area is 194 Å². The van der Waals surface area contributed by atoms with E-state index < -0.39 is 22.3 Å². The maximum atomic E-state index is 12.5. The first-order valence-electron chi connectivity index (χ1n) is 10.4. The van der Waals surface area contributed by atoms with Crippen LogP contribution >= 0.6 is 0 Å². The van der Waals surface area contributed by atoms with Crippen LogP contribution in [0.25, 0.3) is 11.0 Å². The van der Waals surface area contributed by atoms with Gasteiger partial charge in [-0.1, -0.05) is 30.3 Å². The predicted molar refractivity (Wildman–Crippen MR) is 126 cm³/mol. The van der Waals surface area contributed by atoms with Gasteiger partial charge in [0.25, 0.3) is 5.91 Å². The maximum absolute atomic E-state index is 12.5. The third kappa shape index (κ3) is 5.01. The number of rotatable bonds is 8. The predicted octanol–water partition coefficient (Wildman–Crippen LogP) is 3.93. The van der Waals surface area contributed by atoms with E-state index in [0.717, 1.165) is 28.5 Å². The van der Waals surface area contributed by atoms with Crippen LogP contribution in [0.5, 0.6) is 11.5 Å². The number of aromatic hydroxyl groups is 1. The SMILES string of the molecule is CCOc1cc(/C=N\NC(=O)c2ccc3nc(Cc4ccccc4)[nH]c3c2)cc([N+](=O)[O-])c1O. The van der Waals surface area contributed by atoms with Crippen LogP contribution in [-0.2, 0) is 6.42 Å². The van der Waals surface area contributed by atoms with Crippen LogP contribution < -0.4 is 10.2 Å². The van der Waals surface area contributed by atoms with Gasteiger partial charge in [0.15, 0.2) is 5.75 Å². The van der Waals surface area contributed by atoms with Gasteiger partial charge in [-0.05, 0) is 36.8 Å². The summed E-state index contributed by atoms with van der Waals surface area (Å²) in [5.41, 5.74) is 5.11. The molecule has 0 aliphatic rings. The van der Waals surface area contributed by atoms with Crippen LogP contribution in [0.3, 0.4) is 0 Å². The number of hydrazone groups is 1. The van der Waals surface area contributed by atoms with Crippen molar-refractivity contribution >= 4 is 28.8 Å². The molecule has 172 valence electrons. The Balaban J connectivity index is 1.48. The molecule has 1 amide bonds. The number of hydrogen-bond acceptors (Lipinski definition) is 7. The van der Waals surface area contributed by atoms with Gasteiger partial charge in [-0.2, -0.15) is 5.10 Å². The van der Waals surface area contributed by atoms with E-state index in [1.165, 1.54) is 12.3 Å². The van der Waals surface area contributed by atoms with E-state index in [9.17, 15) is 20.0 Å². The average Bonchev–Trinajstić information content (AvgIpc) is 3.23. The lowest BCUT2D eigenvalue weighted by atomic mass is 10.1. The molecule has 1 heterocycles. The smallest absolute Gasteiger partial charge is 0.315 e. The monoisotopic (exact) mass is 459 g/mol. The lowest BCUT2D eigenvalue weighted by molar-refractivity contribution is -0.386. The van der Waals surface area contributed by atoms with Crippen molar-refractivity contribution in [2.75, 3.05) is 6.61 Å². The highest BCUT2D eigenvalue weighted by atomic mass is 16.6. The number of nitro benzene ring substituents is 1. The Bertz CT molecular complexity index is 1380. The number of ether oxygens (including phenoxy) is 1. The van der Waals surface area contributed by atoms with E-state index in [0.29, 0.717) is 12.0 Å². The molecule has 0 saturated heterocycles. The summed E-state index contributed by atoms with van der Waals surface area (Å²) >= 11 is 0. The summed E-state index contributed by atoms with van der Waals surface area (Å²) in [6.45, 7) is 1.90. The van der Waals surface area contributed by atoms with Gasteiger partial charge in [-0.25, -0.2) is 10.4 Å². The zero-order chi connectivity index (χ0) is 24.1. The number of phenolic OH excluding ortho intramolecular Hbond substituents is 1. The second kappa shape index (κ2) is 9.82. The Morgan fingerprint density at radius 1 is 1.24 bits per heavy atom. The Kier molecular flexibility index (Phi) is 6.49. The number of hydrogen-bond donors (Lipinski definition) is 3. The average molecular weight is 459 g/mol. The van der Waals surface area contributed by atoms with Gasteiger partial charge in [0, 0.05) is 23.6 Å². The van der Waals surface area contributed by atoms with E-state index >= 15 is 0 Å². The van der Waals surface area contributed by atoms with Crippen LogP contribution in [0.15, 0.2) is 65.8 Å². The molecule has 1 aromatic heterocycles. The molecular weight excluding hydrogens is 438 g/mol. The fourth-order valence-corrected chi connectivity index (χ4v) is 3.40. The van der Waals surface area contributed by atoms with Crippen LogP contribution in [0.4, 0.5) is 5.69 Å². The van der Waals surface area contributed by atoms with Crippen molar-refractivity contribution < 1.29 is 19.6 Å². The van der Waals surface area contributed by atoms with Gasteiger partial charge in [0.05, 0.1) is 28.8 Å². The standard InChI is InChI=1S/C24H21N5O5/c1-2-34-21-11-16(10-20(23(21)30)29(32)33)14-25-28-24(31)17-8-9-18-19(13-17)27-22(26-18)12-15-6-4-3-5-7-15/h3-11,13-14,30H,2,12H2,1H3,(H,26,27)(H,28,31)/b25-14-. The number of nitro groups is 1. The van der Waals surface area contributed by atoms with Crippen molar-refractivity contribution in [3.05, 3.63) is 93.3 Å². The van der Waals surface area contributed by atoms with Gasteiger partial charge in [-0.15, -0.1) is 0 Å². The summed E-state index contributed by atoms with van der Waals surface area (Å²) in [5.74, 6) is -0.278. The van der Waals surface area contributed by atoms with Crippen LogP contribution in [0.1, 0.15) is 34.2 Å². The Morgan fingerprint density at radius 2 is 2.03 bits per heavy atom. The van der Waals surface area contributed by atoms with Gasteiger partial charge < -0.3 is 14.8 Å². The zero-order valence-electron chi connectivity index (χ0n) is 18.2. The van der Waals surface area contributed by atoms with Gasteiger partial charge in [0.1, 0.15) is 5.82 Å². The lowest BCUT2D eigenvalue weighted by Gasteiger charge is -2.07. The molecule has 4 aromatic rings. The van der Waals surface area contributed by atoms with E-state index in [-0.39, 0.29) is 17.9 Å². The molecule has 0 saturated carbocycles. The highest BCUT2D eigenvalue weighted by molar-refractivity contribution is 5.98. The molecule has 0 aliphatic carbocycles. The number of fused-ring (bicyclic) bond motifs is 1. The van der Waals surface area contributed by atoms with Crippen LogP contribution in [0.2, 0.25) is 0 Å². The highest BCUT2D eigenvalue weighted by Gasteiger charge is 2.19. The number of carbonyl (C=O) groups is 1. The van der Waals surface area contributed by atoms with Gasteiger partial charge in [-0.3, -0.25) is 14.9 Å². The van der Waals surface area contributed by atoms with E-state index in [4.69, 9.17) is 4.74 Å². The Morgan fingerprint density at radius 3 is 2.76 bits per heavy atom. The van der Waals surface area contributed by atoms with E-state index in [1.54, 1.807) is 25.1 Å². The number of H-pyrrole nitrogens is 1. The molecule has 34 heavy (non-hydrogen) atoms. The third-order valence-corrected chi connectivity index (χ3v) is 4.96. The van der Waals surface area contributed by atoms with Crippen molar-refractivity contribution in [2.45, 2.75) is 13.3 Å². The van der Waals surface area contributed by atoms with Crippen molar-refractivity contribution in [2.24, 2.45) is 5.10 Å². The second-order valence-electron chi connectivity index (χ2n) is 7.35. The Hall–Kier alpha value is -4.73. The molecule has 3 aromatic carbocycles. The van der Waals surface area contributed by atoms with E-state index in [1.807, 2.05) is 30.3 Å². The lowest BCUT2D eigenvalue weighted by Crippen LogP contribution is -2.17. The minimum atomic E-state index is -0.723. The molecule has 0 fully saturated rings. The van der Waals surface area contributed by atoms with Crippen molar-refractivity contribution in [1.29, 1.82) is 0 Å². The fraction of sp³-hybridized carbons (Fsp3) is 0.125. The number of phenols is 1. The number of nitrogens with one attached hydrogen (secondary N) is 2. The molecule has 4 rings (SSSR count). The summed E-state index contributed by atoms with van der Waals surface area (Å²) in [4.78, 5) is 30.8. The summed E-state index contributed by atoms with van der Waals surface area (Å²) in [6.07, 6.45) is 1.88. The minimum Gasteiger partial charge on any atom is -0.500 e. The normalized spacial score (nSPS) is 11.1. The van der Waals surface area contributed by atoms with Gasteiger partial charge in [0.2, 0.25) is 5.75 Å². The summed E-state index contributed by atoms with van der Waals surface area (Å²) in [7, 11) is 0. The fourth-order valence-electron chi connectivity index (χ4n) is 3.40. The number of amides is 1. The zero-order valence-corrected chi connectivity index (χ0v) is 18.2. The molecular formula is C24H21N5O5. The molecule has 10 heteroatoms. The molecule has 0 unspecified atom stereocenters. The first kappa shape index (κ1) is 22.5. The number of aromatic amines is 1. The molecule has 3 N–H and O–H groups in total. The van der Waals surface area contributed by atoms with Crippen LogP contribution in [-0.4, -0.2) is 38.7 Å². The quantitative estimate of drug-likeness (QED) is 0.207. The highest BCUT2D eigenvalue weighted by Crippen LogP contribution is 2.36. The van der Waals surface area contributed by atoms with Gasteiger partial charge >= 0.3 is 5.69 Å². The third-order valence-electron chi connectivity index (χ3n) is 4.96. The first-order chi connectivity index (χ1) is 16.4. The molecule has 0 radical (unpaired) electrons. The molecule has 0 aliphatic heterocycles. The summed E-state index contributed by atoms with van der Waals surface area (Å²) in [6, 6.07) is 17.5. The number of benzene rings is 3. The number of nitrogens with zero attached hydrogens (tertiary/aromatic N) is 3. The molecule has 0 bridgehead atoms. The van der Waals surface area contributed by atoms with Crippen LogP contribution in [0, 0.1) is 10.1 Å². The summed E-state index contributed by atoms with van der Waals surface area (Å²) in [5, 5.41) is 25.0. The number of imidazole rings is 1. The first-order valence-corrected chi connectivity index (χ1v) is 10.4. The largest absolute Gasteiger partial charge is 0.500 e. The number of aromatic nitrogens is 2. The van der Waals surface area contributed by atoms with Crippen molar-refractivity contribution in [1.82, 2.24) is 15.4 Å². The maximum Gasteiger partial charge on any atom is 0.315 e. The van der Waals surface area contributed by atoms with Crippen molar-refractivity contribution in [3.63, 3.8) is 0 Å². The topological polar surface area (TPSA) is 143 Å². The summed E-state index contributed by atoms with van der Waals surface area (Å²) < 4.78 is 5.23.